The summed E-state index contributed by atoms with van der Waals surface area (Å²) in [6.45, 7) is 2.41. The number of hydrogen-bond donors (Lipinski definition) is 1. The van der Waals surface area contributed by atoms with Crippen LogP contribution in [0.25, 0.3) is 0 Å². The van der Waals surface area contributed by atoms with Crippen molar-refractivity contribution in [2.75, 3.05) is 33.5 Å². The lowest BCUT2D eigenvalue weighted by Gasteiger charge is -2.32. The maximum atomic E-state index is 13.5. The Morgan fingerprint density at radius 1 is 1.00 bits per heavy atom. The minimum absolute atomic E-state index is 0.153. The summed E-state index contributed by atoms with van der Waals surface area (Å²) >= 11 is 0. The molecule has 9 heteroatoms. The fourth-order valence-electron chi connectivity index (χ4n) is 3.58. The lowest BCUT2D eigenvalue weighted by molar-refractivity contribution is -0.141. The van der Waals surface area contributed by atoms with Gasteiger partial charge in [0.2, 0.25) is 21.8 Å². The minimum Gasteiger partial charge on any atom is -0.497 e. The summed E-state index contributed by atoms with van der Waals surface area (Å²) in [4.78, 5) is 28.3. The van der Waals surface area contributed by atoms with Crippen molar-refractivity contribution in [2.24, 2.45) is 0 Å². The molecule has 2 aromatic rings. The van der Waals surface area contributed by atoms with Crippen LogP contribution in [0, 0.1) is 0 Å². The molecule has 0 aliphatic heterocycles. The smallest absolute Gasteiger partial charge is 0.243 e. The highest BCUT2D eigenvalue weighted by atomic mass is 32.2. The number of sulfonamides is 1. The summed E-state index contributed by atoms with van der Waals surface area (Å²) < 4.78 is 30.2. The van der Waals surface area contributed by atoms with Crippen LogP contribution in [0.4, 0.5) is 0 Å². The largest absolute Gasteiger partial charge is 0.497 e. The van der Waals surface area contributed by atoms with E-state index in [4.69, 9.17) is 4.74 Å². The molecular formula is C26H37N3O5S. The van der Waals surface area contributed by atoms with Crippen LogP contribution in [-0.4, -0.2) is 69.0 Å². The molecule has 0 bridgehead atoms. The number of nitrogens with one attached hydrogen (secondary N) is 1. The maximum Gasteiger partial charge on any atom is 0.243 e. The number of ether oxygens (including phenoxy) is 1. The molecule has 35 heavy (non-hydrogen) atoms. The van der Waals surface area contributed by atoms with E-state index in [1.54, 1.807) is 19.2 Å². The topological polar surface area (TPSA) is 96.0 Å². The van der Waals surface area contributed by atoms with E-state index >= 15 is 0 Å². The standard InChI is InChI=1S/C26H37N3O5S/c1-5-6-10-17-27-26(31)24(18-21-11-8-7-9-12-21)29(25(30)20-28(2)35(4,32)33)19-22-13-15-23(34-3)16-14-22/h7-9,11-16,24H,5-6,10,17-20H2,1-4H3,(H,27,31)/t24-/m1/s1. The lowest BCUT2D eigenvalue weighted by atomic mass is 10.0. The monoisotopic (exact) mass is 503 g/mol. The van der Waals surface area contributed by atoms with Crippen LogP contribution in [0.15, 0.2) is 54.6 Å². The van der Waals surface area contributed by atoms with E-state index in [-0.39, 0.29) is 19.0 Å². The van der Waals surface area contributed by atoms with E-state index in [9.17, 15) is 18.0 Å². The van der Waals surface area contributed by atoms with Crippen molar-refractivity contribution in [3.63, 3.8) is 0 Å². The Hall–Kier alpha value is -2.91. The van der Waals surface area contributed by atoms with Crippen molar-refractivity contribution in [3.8, 4) is 5.75 Å². The number of amides is 2. The van der Waals surface area contributed by atoms with Crippen LogP contribution in [0.2, 0.25) is 0 Å². The highest BCUT2D eigenvalue weighted by Crippen LogP contribution is 2.18. The molecule has 0 saturated carbocycles. The van der Waals surface area contributed by atoms with Crippen molar-refractivity contribution in [2.45, 2.75) is 45.2 Å². The van der Waals surface area contributed by atoms with Crippen LogP contribution in [0.3, 0.4) is 0 Å². The molecule has 0 saturated heterocycles. The predicted octanol–water partition coefficient (Wildman–Crippen LogP) is 2.83. The first-order valence-corrected chi connectivity index (χ1v) is 13.7. The Kier molecular flexibility index (Phi) is 11.2. The molecular weight excluding hydrogens is 466 g/mol. The highest BCUT2D eigenvalue weighted by Gasteiger charge is 2.31. The fraction of sp³-hybridized carbons (Fsp3) is 0.462. The number of carbonyl (C=O) groups is 2. The van der Waals surface area contributed by atoms with Gasteiger partial charge >= 0.3 is 0 Å². The van der Waals surface area contributed by atoms with E-state index in [0.29, 0.717) is 18.7 Å². The number of rotatable bonds is 14. The third-order valence-corrected chi connectivity index (χ3v) is 7.05. The van der Waals surface area contributed by atoms with E-state index in [1.807, 2.05) is 42.5 Å². The summed E-state index contributed by atoms with van der Waals surface area (Å²) in [5.41, 5.74) is 1.71. The fourth-order valence-corrected chi connectivity index (χ4v) is 3.93. The number of likely N-dealkylation sites (N-methyl/N-ethyl adjacent to an activating group) is 1. The normalized spacial score (nSPS) is 12.3. The first kappa shape index (κ1) is 28.3. The molecule has 0 fully saturated rings. The molecule has 0 spiro atoms. The Labute approximate surface area is 209 Å². The van der Waals surface area contributed by atoms with Gasteiger partial charge in [-0.25, -0.2) is 8.42 Å². The quantitative estimate of drug-likeness (QED) is 0.400. The van der Waals surface area contributed by atoms with Gasteiger partial charge < -0.3 is 15.0 Å². The van der Waals surface area contributed by atoms with Gasteiger partial charge in [-0.3, -0.25) is 9.59 Å². The zero-order chi connectivity index (χ0) is 25.8. The van der Waals surface area contributed by atoms with Gasteiger partial charge in [0.1, 0.15) is 11.8 Å². The summed E-state index contributed by atoms with van der Waals surface area (Å²) in [7, 11) is -0.639. The molecule has 0 unspecified atom stereocenters. The van der Waals surface area contributed by atoms with E-state index in [1.165, 1.54) is 11.9 Å². The Balaban J connectivity index is 2.39. The van der Waals surface area contributed by atoms with Gasteiger partial charge in [-0.2, -0.15) is 4.31 Å². The van der Waals surface area contributed by atoms with Crippen molar-refractivity contribution in [1.29, 1.82) is 0 Å². The molecule has 2 rings (SSSR count). The molecule has 0 aromatic heterocycles. The second-order valence-electron chi connectivity index (χ2n) is 8.59. The molecule has 1 atom stereocenters. The summed E-state index contributed by atoms with van der Waals surface area (Å²) in [5, 5.41) is 2.98. The van der Waals surface area contributed by atoms with Crippen molar-refractivity contribution < 1.29 is 22.7 Å². The zero-order valence-corrected chi connectivity index (χ0v) is 21.9. The molecule has 1 N–H and O–H groups in total. The lowest BCUT2D eigenvalue weighted by Crippen LogP contribution is -2.53. The van der Waals surface area contributed by atoms with Gasteiger partial charge in [-0.05, 0) is 29.7 Å². The third kappa shape index (κ3) is 9.33. The SMILES string of the molecule is CCCCCNC(=O)[C@@H](Cc1ccccc1)N(Cc1ccc(OC)cc1)C(=O)CN(C)S(C)(=O)=O. The van der Waals surface area contributed by atoms with Gasteiger partial charge in [0.15, 0.2) is 0 Å². The van der Waals surface area contributed by atoms with E-state index < -0.39 is 22.0 Å². The number of carbonyl (C=O) groups excluding carboxylic acids is 2. The first-order valence-electron chi connectivity index (χ1n) is 11.8. The van der Waals surface area contributed by atoms with E-state index in [0.717, 1.165) is 41.0 Å². The number of nitrogens with zero attached hydrogens (tertiary/aromatic N) is 2. The van der Waals surface area contributed by atoms with Gasteiger partial charge in [0.05, 0.1) is 19.9 Å². The zero-order valence-electron chi connectivity index (χ0n) is 21.1. The molecule has 2 aromatic carbocycles. The van der Waals surface area contributed by atoms with Gasteiger partial charge in [0, 0.05) is 26.6 Å². The van der Waals surface area contributed by atoms with Crippen LogP contribution < -0.4 is 10.1 Å². The average molecular weight is 504 g/mol. The number of hydrogen-bond acceptors (Lipinski definition) is 5. The van der Waals surface area contributed by atoms with Crippen molar-refractivity contribution in [1.82, 2.24) is 14.5 Å². The maximum absolute atomic E-state index is 13.5. The summed E-state index contributed by atoms with van der Waals surface area (Å²) in [6.07, 6.45) is 4.24. The average Bonchev–Trinajstić information content (AvgIpc) is 2.84. The van der Waals surface area contributed by atoms with Crippen LogP contribution in [-0.2, 0) is 32.6 Å². The Bertz CT molecular complexity index is 1040. The molecule has 0 radical (unpaired) electrons. The van der Waals surface area contributed by atoms with Gasteiger partial charge in [-0.15, -0.1) is 0 Å². The minimum atomic E-state index is -3.57. The van der Waals surface area contributed by atoms with Crippen LogP contribution in [0.1, 0.15) is 37.3 Å². The first-order chi connectivity index (χ1) is 16.7. The highest BCUT2D eigenvalue weighted by molar-refractivity contribution is 7.88. The Morgan fingerprint density at radius 2 is 1.66 bits per heavy atom. The van der Waals surface area contributed by atoms with Gasteiger partial charge in [0.25, 0.3) is 0 Å². The molecule has 0 aliphatic carbocycles. The number of methoxy groups -OCH3 is 1. The second-order valence-corrected chi connectivity index (χ2v) is 10.7. The molecule has 2 amide bonds. The van der Waals surface area contributed by atoms with Crippen molar-refractivity contribution >= 4 is 21.8 Å². The summed E-state index contributed by atoms with van der Waals surface area (Å²) in [5.74, 6) is -0.0230. The third-order valence-electron chi connectivity index (χ3n) is 5.79. The predicted molar refractivity (Wildman–Crippen MR) is 137 cm³/mol. The molecule has 8 nitrogen and oxygen atoms in total. The van der Waals surface area contributed by atoms with Crippen LogP contribution in [0.5, 0.6) is 5.75 Å². The molecule has 192 valence electrons. The Morgan fingerprint density at radius 3 is 2.23 bits per heavy atom. The molecule has 0 heterocycles. The number of benzene rings is 2. The molecule has 0 aliphatic rings. The van der Waals surface area contributed by atoms with Crippen molar-refractivity contribution in [3.05, 3.63) is 65.7 Å². The van der Waals surface area contributed by atoms with Gasteiger partial charge in [-0.1, -0.05) is 62.2 Å². The number of unbranched alkanes of at least 4 members (excludes halogenated alkanes) is 2. The summed E-state index contributed by atoms with van der Waals surface area (Å²) in [6, 6.07) is 15.9. The van der Waals surface area contributed by atoms with E-state index in [2.05, 4.69) is 12.2 Å². The van der Waals surface area contributed by atoms with Crippen LogP contribution >= 0.6 is 0 Å². The second kappa shape index (κ2) is 13.8.